The Hall–Kier alpha value is -2.42. The first-order chi connectivity index (χ1) is 12.6. The zero-order valence-electron chi connectivity index (χ0n) is 14.2. The third-order valence-electron chi connectivity index (χ3n) is 3.50. The molecule has 0 amide bonds. The lowest BCUT2D eigenvalue weighted by molar-refractivity contribution is 0.0792. The van der Waals surface area contributed by atoms with Crippen LogP contribution in [0.15, 0.2) is 49.1 Å². The second kappa shape index (κ2) is 8.79. The standard InChI is InChI=1S/C17H19ClN6OS/c1-2-25-12-24-11-15(8-20-24)22-17(26)21-14-7-19-23(10-14)9-13-5-3-4-6-16(13)18/h3-8,10-11H,2,9,12H2,1H3,(H2,21,22,26). The van der Waals surface area contributed by atoms with Crippen molar-refractivity contribution in [2.45, 2.75) is 20.2 Å². The first-order valence-electron chi connectivity index (χ1n) is 8.08. The Balaban J connectivity index is 1.54. The van der Waals surface area contributed by atoms with Gasteiger partial charge in [0.15, 0.2) is 5.11 Å². The average Bonchev–Trinajstić information content (AvgIpc) is 3.24. The van der Waals surface area contributed by atoms with Crippen LogP contribution >= 0.6 is 23.8 Å². The van der Waals surface area contributed by atoms with E-state index in [1.165, 1.54) is 0 Å². The van der Waals surface area contributed by atoms with Crippen LogP contribution in [0.4, 0.5) is 11.4 Å². The molecule has 0 spiro atoms. The minimum atomic E-state index is 0.410. The van der Waals surface area contributed by atoms with Crippen molar-refractivity contribution in [3.8, 4) is 0 Å². The van der Waals surface area contributed by atoms with Crippen LogP contribution in [0.25, 0.3) is 0 Å². The fraction of sp³-hybridized carbons (Fsp3) is 0.235. The first kappa shape index (κ1) is 18.4. The molecule has 2 heterocycles. The number of halogens is 1. The minimum absolute atomic E-state index is 0.410. The molecule has 2 N–H and O–H groups in total. The van der Waals surface area contributed by atoms with E-state index in [1.54, 1.807) is 21.8 Å². The van der Waals surface area contributed by atoms with Crippen molar-refractivity contribution in [3.05, 3.63) is 59.6 Å². The van der Waals surface area contributed by atoms with Crippen molar-refractivity contribution in [2.24, 2.45) is 0 Å². The van der Waals surface area contributed by atoms with E-state index < -0.39 is 0 Å². The van der Waals surface area contributed by atoms with E-state index >= 15 is 0 Å². The predicted molar refractivity (Wildman–Crippen MR) is 106 cm³/mol. The number of hydrogen-bond acceptors (Lipinski definition) is 4. The summed E-state index contributed by atoms with van der Waals surface area (Å²) in [6.45, 7) is 3.58. The average molecular weight is 391 g/mol. The molecular formula is C17H19ClN6OS. The number of benzene rings is 1. The Morgan fingerprint density at radius 3 is 2.46 bits per heavy atom. The van der Waals surface area contributed by atoms with Crippen LogP contribution in [0.3, 0.4) is 0 Å². The predicted octanol–water partition coefficient (Wildman–Crippen LogP) is 3.58. The van der Waals surface area contributed by atoms with Crippen LogP contribution in [0, 0.1) is 0 Å². The van der Waals surface area contributed by atoms with E-state index in [2.05, 4.69) is 20.8 Å². The van der Waals surface area contributed by atoms with Crippen LogP contribution in [0.1, 0.15) is 12.5 Å². The maximum absolute atomic E-state index is 6.18. The summed E-state index contributed by atoms with van der Waals surface area (Å²) in [5.74, 6) is 0. The summed E-state index contributed by atoms with van der Waals surface area (Å²) in [5.41, 5.74) is 2.58. The molecule has 136 valence electrons. The molecule has 0 aliphatic heterocycles. The SMILES string of the molecule is CCOCn1cc(NC(=S)Nc2cnn(Cc3ccccc3Cl)c2)cn1. The van der Waals surface area contributed by atoms with E-state index in [1.807, 2.05) is 43.6 Å². The molecule has 7 nitrogen and oxygen atoms in total. The van der Waals surface area contributed by atoms with Gasteiger partial charge in [0.1, 0.15) is 6.73 Å². The Morgan fingerprint density at radius 2 is 1.77 bits per heavy atom. The molecule has 2 aromatic heterocycles. The molecule has 0 radical (unpaired) electrons. The molecule has 0 unspecified atom stereocenters. The molecule has 0 fully saturated rings. The zero-order valence-corrected chi connectivity index (χ0v) is 15.8. The highest BCUT2D eigenvalue weighted by molar-refractivity contribution is 7.80. The van der Waals surface area contributed by atoms with Crippen molar-refractivity contribution < 1.29 is 4.74 Å². The van der Waals surface area contributed by atoms with Crippen LogP contribution in [-0.4, -0.2) is 31.3 Å². The van der Waals surface area contributed by atoms with Gasteiger partial charge in [0.05, 0.1) is 36.5 Å². The van der Waals surface area contributed by atoms with Gasteiger partial charge in [-0.2, -0.15) is 10.2 Å². The molecule has 1 aromatic carbocycles. The highest BCUT2D eigenvalue weighted by Gasteiger charge is 2.06. The molecule has 0 bridgehead atoms. The Labute approximate surface area is 161 Å². The molecule has 0 aliphatic rings. The van der Waals surface area contributed by atoms with Crippen LogP contribution in [0.2, 0.25) is 5.02 Å². The van der Waals surface area contributed by atoms with Crippen molar-refractivity contribution in [2.75, 3.05) is 17.2 Å². The third-order valence-corrected chi connectivity index (χ3v) is 4.07. The Kier molecular flexibility index (Phi) is 6.21. The van der Waals surface area contributed by atoms with Crippen molar-refractivity contribution in [1.82, 2.24) is 19.6 Å². The monoisotopic (exact) mass is 390 g/mol. The summed E-state index contributed by atoms with van der Waals surface area (Å²) in [6, 6.07) is 7.70. The highest BCUT2D eigenvalue weighted by Crippen LogP contribution is 2.17. The second-order valence-corrected chi connectivity index (χ2v) is 6.30. The van der Waals surface area contributed by atoms with Crippen LogP contribution < -0.4 is 10.6 Å². The molecule has 9 heteroatoms. The number of aromatic nitrogens is 4. The van der Waals surface area contributed by atoms with E-state index in [4.69, 9.17) is 28.6 Å². The van der Waals surface area contributed by atoms with Gasteiger partial charge in [-0.05, 0) is 30.8 Å². The number of nitrogens with one attached hydrogen (secondary N) is 2. The summed E-state index contributed by atoms with van der Waals surface area (Å²) in [5, 5.41) is 15.9. The number of hydrogen-bond donors (Lipinski definition) is 2. The van der Waals surface area contributed by atoms with Gasteiger partial charge in [0, 0.05) is 17.8 Å². The summed E-state index contributed by atoms with van der Waals surface area (Å²) in [7, 11) is 0. The van der Waals surface area contributed by atoms with Crippen molar-refractivity contribution >= 4 is 40.3 Å². The van der Waals surface area contributed by atoms with Crippen LogP contribution in [-0.2, 0) is 18.0 Å². The van der Waals surface area contributed by atoms with E-state index in [9.17, 15) is 0 Å². The molecule has 3 aromatic rings. The number of anilines is 2. The van der Waals surface area contributed by atoms with Crippen molar-refractivity contribution in [3.63, 3.8) is 0 Å². The zero-order chi connectivity index (χ0) is 18.4. The van der Waals surface area contributed by atoms with Crippen LogP contribution in [0.5, 0.6) is 0 Å². The fourth-order valence-corrected chi connectivity index (χ4v) is 2.72. The fourth-order valence-electron chi connectivity index (χ4n) is 2.29. The lowest BCUT2D eigenvalue weighted by Gasteiger charge is -2.07. The molecule has 0 atom stereocenters. The molecule has 26 heavy (non-hydrogen) atoms. The molecule has 0 saturated carbocycles. The van der Waals surface area contributed by atoms with Crippen molar-refractivity contribution in [1.29, 1.82) is 0 Å². The van der Waals surface area contributed by atoms with Gasteiger partial charge >= 0.3 is 0 Å². The molecule has 0 saturated heterocycles. The molecular weight excluding hydrogens is 372 g/mol. The van der Waals surface area contributed by atoms with Gasteiger partial charge in [-0.25, -0.2) is 4.68 Å². The smallest absolute Gasteiger partial charge is 0.175 e. The third kappa shape index (κ3) is 5.04. The quantitative estimate of drug-likeness (QED) is 0.601. The summed E-state index contributed by atoms with van der Waals surface area (Å²) in [4.78, 5) is 0. The maximum Gasteiger partial charge on any atom is 0.175 e. The largest absolute Gasteiger partial charge is 0.360 e. The number of nitrogens with zero attached hydrogens (tertiary/aromatic N) is 4. The van der Waals surface area contributed by atoms with E-state index in [0.29, 0.717) is 25.0 Å². The number of ether oxygens (including phenoxy) is 1. The first-order valence-corrected chi connectivity index (χ1v) is 8.86. The minimum Gasteiger partial charge on any atom is -0.360 e. The number of rotatable bonds is 7. The highest BCUT2D eigenvalue weighted by atomic mass is 35.5. The van der Waals surface area contributed by atoms with Gasteiger partial charge in [-0.3, -0.25) is 4.68 Å². The number of thiocarbonyl (C=S) groups is 1. The maximum atomic E-state index is 6.18. The van der Waals surface area contributed by atoms with E-state index in [0.717, 1.165) is 22.0 Å². The summed E-state index contributed by atoms with van der Waals surface area (Å²) < 4.78 is 8.79. The van der Waals surface area contributed by atoms with Gasteiger partial charge in [-0.15, -0.1) is 0 Å². The van der Waals surface area contributed by atoms with Gasteiger partial charge in [0.25, 0.3) is 0 Å². The second-order valence-electron chi connectivity index (χ2n) is 5.49. The normalized spacial score (nSPS) is 10.7. The molecule has 0 aliphatic carbocycles. The Bertz CT molecular complexity index is 878. The van der Waals surface area contributed by atoms with Gasteiger partial charge in [0.2, 0.25) is 0 Å². The molecule has 3 rings (SSSR count). The summed E-state index contributed by atoms with van der Waals surface area (Å²) in [6.07, 6.45) is 7.09. The summed E-state index contributed by atoms with van der Waals surface area (Å²) >= 11 is 11.5. The Morgan fingerprint density at radius 1 is 1.12 bits per heavy atom. The topological polar surface area (TPSA) is 68.9 Å². The van der Waals surface area contributed by atoms with Gasteiger partial charge in [-0.1, -0.05) is 29.8 Å². The van der Waals surface area contributed by atoms with E-state index in [-0.39, 0.29) is 0 Å². The lowest BCUT2D eigenvalue weighted by Crippen LogP contribution is -2.18. The lowest BCUT2D eigenvalue weighted by atomic mass is 10.2. The van der Waals surface area contributed by atoms with Gasteiger partial charge < -0.3 is 15.4 Å².